The molecule has 1 saturated heterocycles. The van der Waals surface area contributed by atoms with Crippen LogP contribution in [0.5, 0.6) is 0 Å². The van der Waals surface area contributed by atoms with Crippen molar-refractivity contribution in [2.75, 3.05) is 26.7 Å². The van der Waals surface area contributed by atoms with Crippen LogP contribution in [-0.4, -0.2) is 59.1 Å². The highest BCUT2D eigenvalue weighted by molar-refractivity contribution is 5.98. The molecule has 1 N–H and O–H groups in total. The van der Waals surface area contributed by atoms with Gasteiger partial charge in [-0.3, -0.25) is 14.7 Å². The first-order valence-electron chi connectivity index (χ1n) is 11.9. The van der Waals surface area contributed by atoms with E-state index in [0.717, 1.165) is 30.7 Å². The maximum atomic E-state index is 13.6. The molecule has 0 radical (unpaired) electrons. The Labute approximate surface area is 200 Å². The second kappa shape index (κ2) is 9.33. The number of fused-ring (bicyclic) bond motifs is 2. The van der Waals surface area contributed by atoms with Crippen LogP contribution in [0.3, 0.4) is 0 Å². The molecule has 2 aliphatic heterocycles. The molecule has 0 spiro atoms. The zero-order valence-electron chi connectivity index (χ0n) is 19.4. The molecule has 0 bridgehead atoms. The van der Waals surface area contributed by atoms with E-state index in [4.69, 9.17) is 4.74 Å². The molecular weight excluding hydrogens is 428 g/mol. The Bertz CT molecular complexity index is 1130. The molecule has 7 heteroatoms. The Kier molecular flexibility index (Phi) is 6.09. The largest absolute Gasteiger partial charge is 0.497 e. The number of carbonyl (C=O) groups excluding carboxylic acids is 2. The van der Waals surface area contributed by atoms with E-state index in [-0.39, 0.29) is 17.9 Å². The van der Waals surface area contributed by atoms with Gasteiger partial charge in [0, 0.05) is 38.2 Å². The van der Waals surface area contributed by atoms with E-state index in [9.17, 15) is 9.59 Å². The highest BCUT2D eigenvalue weighted by Crippen LogP contribution is 2.44. The predicted molar refractivity (Wildman–Crippen MR) is 129 cm³/mol. The molecule has 1 fully saturated rings. The highest BCUT2D eigenvalue weighted by Gasteiger charge is 2.58. The number of nitrogens with one attached hydrogen (secondary N) is 1. The van der Waals surface area contributed by atoms with E-state index in [1.54, 1.807) is 19.4 Å². The fourth-order valence-corrected chi connectivity index (χ4v) is 5.55. The fourth-order valence-electron chi connectivity index (χ4n) is 5.55. The number of pyridine rings is 1. The van der Waals surface area contributed by atoms with Crippen LogP contribution in [-0.2, 0) is 17.6 Å². The van der Waals surface area contributed by atoms with Crippen LogP contribution in [0.2, 0.25) is 0 Å². The van der Waals surface area contributed by atoms with Crippen LogP contribution in [0.4, 0.5) is 4.79 Å². The summed E-state index contributed by atoms with van der Waals surface area (Å²) in [5.74, 6) is 0.715. The number of hydrogen-bond donors (Lipinski definition) is 1. The van der Waals surface area contributed by atoms with E-state index in [2.05, 4.69) is 34.6 Å². The smallest absolute Gasteiger partial charge is 0.319 e. The minimum Gasteiger partial charge on any atom is -0.497 e. The number of rotatable bonds is 5. The van der Waals surface area contributed by atoms with Crippen LogP contribution in [0.1, 0.15) is 34.5 Å². The number of hydrogen-bond acceptors (Lipinski definition) is 4. The molecule has 3 aliphatic rings. The summed E-state index contributed by atoms with van der Waals surface area (Å²) < 4.78 is 5.45. The van der Waals surface area contributed by atoms with Crippen molar-refractivity contribution in [3.05, 3.63) is 89.5 Å². The van der Waals surface area contributed by atoms with Gasteiger partial charge in [0.1, 0.15) is 11.4 Å². The average Bonchev–Trinajstić information content (AvgIpc) is 3.08. The van der Waals surface area contributed by atoms with Gasteiger partial charge in [-0.05, 0) is 49.1 Å². The number of allylic oxidation sites excluding steroid dienone is 2. The van der Waals surface area contributed by atoms with Crippen LogP contribution in [0.25, 0.3) is 0 Å². The van der Waals surface area contributed by atoms with Crippen molar-refractivity contribution in [1.29, 1.82) is 0 Å². The lowest BCUT2D eigenvalue weighted by atomic mass is 9.79. The van der Waals surface area contributed by atoms with E-state index in [1.807, 2.05) is 40.1 Å². The Morgan fingerprint density at radius 1 is 1.21 bits per heavy atom. The zero-order chi connectivity index (χ0) is 23.5. The van der Waals surface area contributed by atoms with Gasteiger partial charge in [0.05, 0.1) is 18.4 Å². The van der Waals surface area contributed by atoms with Crippen molar-refractivity contribution in [2.45, 2.75) is 31.3 Å². The van der Waals surface area contributed by atoms with Crippen molar-refractivity contribution in [3.8, 4) is 0 Å². The summed E-state index contributed by atoms with van der Waals surface area (Å²) in [7, 11) is 1.66. The molecule has 176 valence electrons. The Balaban J connectivity index is 1.45. The number of benzene rings is 1. The van der Waals surface area contributed by atoms with Crippen molar-refractivity contribution in [1.82, 2.24) is 20.1 Å². The van der Waals surface area contributed by atoms with Crippen molar-refractivity contribution < 1.29 is 14.3 Å². The van der Waals surface area contributed by atoms with Gasteiger partial charge in [-0.25, -0.2) is 4.79 Å². The van der Waals surface area contributed by atoms with Gasteiger partial charge in [0.15, 0.2) is 0 Å². The summed E-state index contributed by atoms with van der Waals surface area (Å²) in [6, 6.07) is 13.6. The van der Waals surface area contributed by atoms with Gasteiger partial charge < -0.3 is 15.0 Å². The highest BCUT2D eigenvalue weighted by atomic mass is 16.5. The van der Waals surface area contributed by atoms with Gasteiger partial charge >= 0.3 is 6.03 Å². The number of urea groups is 1. The minimum absolute atomic E-state index is 0.0436. The second-order valence-electron chi connectivity index (χ2n) is 8.98. The third-order valence-electron chi connectivity index (χ3n) is 7.20. The van der Waals surface area contributed by atoms with Gasteiger partial charge in [-0.2, -0.15) is 0 Å². The molecule has 2 atom stereocenters. The lowest BCUT2D eigenvalue weighted by Crippen LogP contribution is -2.66. The molecule has 3 heterocycles. The Hall–Kier alpha value is -3.61. The average molecular weight is 459 g/mol. The van der Waals surface area contributed by atoms with Gasteiger partial charge in [-0.15, -0.1) is 0 Å². The first-order valence-corrected chi connectivity index (χ1v) is 11.9. The van der Waals surface area contributed by atoms with Crippen molar-refractivity contribution >= 4 is 11.9 Å². The molecule has 1 aromatic heterocycles. The van der Waals surface area contributed by atoms with Crippen LogP contribution >= 0.6 is 0 Å². The van der Waals surface area contributed by atoms with Gasteiger partial charge in [-0.1, -0.05) is 36.4 Å². The molecule has 7 nitrogen and oxygen atoms in total. The Morgan fingerprint density at radius 2 is 2.06 bits per heavy atom. The van der Waals surface area contributed by atoms with Gasteiger partial charge in [0.2, 0.25) is 0 Å². The SMILES string of the molecule is COC1=CCCC(C23Cc4ncccc4C(=O)N2CCN3C(=O)NCCc2ccccc2)C=C1. The van der Waals surface area contributed by atoms with E-state index in [1.165, 1.54) is 5.56 Å². The standard InChI is InChI=1S/C27H30N4O3/c1-34-22-10-5-9-21(12-13-22)27-19-24-23(11-6-15-28-24)25(32)30(27)17-18-31(27)26(33)29-16-14-20-7-3-2-4-8-20/h2-4,6-8,10-13,15,21H,5,9,14,16-19H2,1H3,(H,29,33). The van der Waals surface area contributed by atoms with E-state index in [0.29, 0.717) is 31.6 Å². The molecule has 2 aromatic rings. The summed E-state index contributed by atoms with van der Waals surface area (Å²) >= 11 is 0. The molecule has 0 saturated carbocycles. The minimum atomic E-state index is -0.789. The summed E-state index contributed by atoms with van der Waals surface area (Å²) in [6.07, 6.45) is 10.7. The number of aromatic nitrogens is 1. The Morgan fingerprint density at radius 3 is 2.88 bits per heavy atom. The third-order valence-corrected chi connectivity index (χ3v) is 7.20. The zero-order valence-corrected chi connectivity index (χ0v) is 19.4. The summed E-state index contributed by atoms with van der Waals surface area (Å²) in [4.78, 5) is 35.5. The number of amides is 3. The quantitative estimate of drug-likeness (QED) is 0.744. The maximum Gasteiger partial charge on any atom is 0.319 e. The van der Waals surface area contributed by atoms with Crippen LogP contribution < -0.4 is 5.32 Å². The molecular formula is C27H30N4O3. The van der Waals surface area contributed by atoms with E-state index < -0.39 is 5.66 Å². The molecule has 34 heavy (non-hydrogen) atoms. The molecule has 3 amide bonds. The lowest BCUT2D eigenvalue weighted by Gasteiger charge is -2.50. The fraction of sp³-hybridized carbons (Fsp3) is 0.370. The van der Waals surface area contributed by atoms with Crippen molar-refractivity contribution in [3.63, 3.8) is 0 Å². The number of methoxy groups -OCH3 is 1. The number of ether oxygens (including phenoxy) is 1. The molecule has 1 aliphatic carbocycles. The van der Waals surface area contributed by atoms with Gasteiger partial charge in [0.25, 0.3) is 5.91 Å². The summed E-state index contributed by atoms with van der Waals surface area (Å²) in [6.45, 7) is 1.54. The second-order valence-corrected chi connectivity index (χ2v) is 8.98. The van der Waals surface area contributed by atoms with E-state index >= 15 is 0 Å². The molecule has 2 unspecified atom stereocenters. The molecule has 5 rings (SSSR count). The first kappa shape index (κ1) is 22.2. The first-order chi connectivity index (χ1) is 16.6. The van der Waals surface area contributed by atoms with Crippen LogP contribution in [0.15, 0.2) is 72.6 Å². The predicted octanol–water partition coefficient (Wildman–Crippen LogP) is 3.54. The monoisotopic (exact) mass is 458 g/mol. The summed E-state index contributed by atoms with van der Waals surface area (Å²) in [5.41, 5.74) is 1.78. The summed E-state index contributed by atoms with van der Waals surface area (Å²) in [5, 5.41) is 3.11. The molecule has 1 aromatic carbocycles. The number of carbonyl (C=O) groups is 2. The normalized spacial score (nSPS) is 23.6. The topological polar surface area (TPSA) is 74.8 Å². The van der Waals surface area contributed by atoms with Crippen LogP contribution in [0, 0.1) is 5.92 Å². The van der Waals surface area contributed by atoms with Crippen molar-refractivity contribution in [2.24, 2.45) is 5.92 Å². The number of nitrogens with zero attached hydrogens (tertiary/aromatic N) is 3. The third kappa shape index (κ3) is 3.85. The maximum absolute atomic E-state index is 13.6. The lowest BCUT2D eigenvalue weighted by molar-refractivity contribution is -0.00408.